The zero-order valence-electron chi connectivity index (χ0n) is 21.5. The zero-order chi connectivity index (χ0) is 28.2. The van der Waals surface area contributed by atoms with Gasteiger partial charge in [-0.2, -0.15) is 18.4 Å². The Morgan fingerprint density at radius 3 is 2.39 bits per heavy atom. The number of nitrogens with one attached hydrogen (secondary N) is 3. The summed E-state index contributed by atoms with van der Waals surface area (Å²) in [6.45, 7) is 5.00. The zero-order valence-corrected chi connectivity index (χ0v) is 21.5. The van der Waals surface area contributed by atoms with Crippen LogP contribution in [0.15, 0.2) is 0 Å². The SMILES string of the molecule is CC(C)(C)[C@H](NC(=O)C(F)(F)F)C(=O)N1C[C@@H]2[C@H]3C[C@@H]([C@@H]2[C@H]1C(=O)N[C@H](C#N)C[C@@H]1CCNC1=O)[C@@H](F)C3. The highest BCUT2D eigenvalue weighted by atomic mass is 19.4. The lowest BCUT2D eigenvalue weighted by Gasteiger charge is -2.37. The molecule has 210 valence electrons. The summed E-state index contributed by atoms with van der Waals surface area (Å²) in [7, 11) is 0. The Kier molecular flexibility index (Phi) is 7.40. The molecule has 0 spiro atoms. The van der Waals surface area contributed by atoms with E-state index >= 15 is 0 Å². The molecule has 2 heterocycles. The number of carbonyl (C=O) groups is 4. The molecule has 2 aliphatic carbocycles. The second-order valence-electron chi connectivity index (χ2n) is 12.1. The van der Waals surface area contributed by atoms with E-state index in [4.69, 9.17) is 0 Å². The fraction of sp³-hybridized carbons (Fsp3) is 0.800. The normalized spacial score (nSPS) is 33.8. The molecule has 0 aromatic rings. The topological polar surface area (TPSA) is 131 Å². The highest BCUT2D eigenvalue weighted by Gasteiger charge is 2.63. The van der Waals surface area contributed by atoms with Crippen LogP contribution in [0.1, 0.15) is 46.5 Å². The van der Waals surface area contributed by atoms with Crippen molar-refractivity contribution in [2.45, 2.75) is 76.9 Å². The maximum Gasteiger partial charge on any atom is 0.471 e. The van der Waals surface area contributed by atoms with Gasteiger partial charge in [0, 0.05) is 19.0 Å². The number of amides is 4. The number of nitrogens with zero attached hydrogens (tertiary/aromatic N) is 2. The van der Waals surface area contributed by atoms with E-state index in [2.05, 4.69) is 10.6 Å². The third kappa shape index (κ3) is 5.18. The Bertz CT molecular complexity index is 1040. The molecule has 3 N–H and O–H groups in total. The maximum atomic E-state index is 14.8. The summed E-state index contributed by atoms with van der Waals surface area (Å²) in [5, 5.41) is 16.7. The van der Waals surface area contributed by atoms with Crippen molar-refractivity contribution in [1.82, 2.24) is 20.9 Å². The molecule has 2 saturated heterocycles. The molecule has 4 amide bonds. The van der Waals surface area contributed by atoms with Crippen molar-refractivity contribution in [2.24, 2.45) is 35.0 Å². The smallest absolute Gasteiger partial charge is 0.356 e. The van der Waals surface area contributed by atoms with Gasteiger partial charge in [-0.15, -0.1) is 0 Å². The van der Waals surface area contributed by atoms with E-state index in [1.54, 1.807) is 5.32 Å². The van der Waals surface area contributed by atoms with Gasteiger partial charge < -0.3 is 20.9 Å². The molecular formula is C25H33F4N5O4. The Hall–Kier alpha value is -2.91. The van der Waals surface area contributed by atoms with Crippen molar-refractivity contribution in [1.29, 1.82) is 5.26 Å². The number of fused-ring (bicyclic) bond motifs is 5. The Morgan fingerprint density at radius 1 is 1.16 bits per heavy atom. The molecule has 0 aromatic heterocycles. The molecule has 4 fully saturated rings. The van der Waals surface area contributed by atoms with Gasteiger partial charge in [-0.1, -0.05) is 20.8 Å². The van der Waals surface area contributed by atoms with E-state index in [-0.39, 0.29) is 30.7 Å². The number of nitriles is 1. The van der Waals surface area contributed by atoms with E-state index in [0.29, 0.717) is 25.8 Å². The average Bonchev–Trinajstić information content (AvgIpc) is 3.56. The summed E-state index contributed by atoms with van der Waals surface area (Å²) in [6, 6.07) is -1.88. The summed E-state index contributed by atoms with van der Waals surface area (Å²) in [6.07, 6.45) is -4.95. The maximum absolute atomic E-state index is 14.8. The molecule has 0 unspecified atom stereocenters. The van der Waals surface area contributed by atoms with Gasteiger partial charge >= 0.3 is 12.1 Å². The molecule has 2 aliphatic heterocycles. The highest BCUT2D eigenvalue weighted by Crippen LogP contribution is 2.58. The standard InChI is InChI=1S/C25H33F4N5O4/c1-24(2,3)19(33-23(38)25(27,28)29)22(37)34-10-15-12-7-14(16(26)8-12)17(15)18(34)21(36)32-13(9-30)6-11-4-5-31-20(11)35/h11-19H,4-8,10H2,1-3H3,(H,31,35)(H,32,36)(H,33,38)/t11-,12-,13-,14+,15+,16-,17-,18-,19+/m0/s1. The molecule has 9 atom stereocenters. The van der Waals surface area contributed by atoms with E-state index in [9.17, 15) is 42.0 Å². The van der Waals surface area contributed by atoms with E-state index < -0.39 is 71.4 Å². The van der Waals surface area contributed by atoms with Crippen LogP contribution in [0.5, 0.6) is 0 Å². The van der Waals surface area contributed by atoms with Crippen LogP contribution in [0.3, 0.4) is 0 Å². The summed E-state index contributed by atoms with van der Waals surface area (Å²) >= 11 is 0. The molecule has 4 rings (SSSR count). The number of hydrogen-bond acceptors (Lipinski definition) is 5. The number of likely N-dealkylation sites (tertiary alicyclic amines) is 1. The molecule has 2 saturated carbocycles. The Labute approximate surface area is 218 Å². The quantitative estimate of drug-likeness (QED) is 0.437. The average molecular weight is 544 g/mol. The predicted molar refractivity (Wildman–Crippen MR) is 124 cm³/mol. The van der Waals surface area contributed by atoms with Gasteiger partial charge in [0.1, 0.15) is 24.3 Å². The lowest BCUT2D eigenvalue weighted by Crippen LogP contribution is -2.60. The molecule has 4 aliphatic rings. The van der Waals surface area contributed by atoms with Gasteiger partial charge in [-0.05, 0) is 54.8 Å². The van der Waals surface area contributed by atoms with Gasteiger partial charge in [0.05, 0.1) is 6.07 Å². The minimum absolute atomic E-state index is 0.0478. The van der Waals surface area contributed by atoms with Gasteiger partial charge in [0.25, 0.3) is 0 Å². The van der Waals surface area contributed by atoms with Crippen molar-refractivity contribution in [2.75, 3.05) is 13.1 Å². The number of halogens is 4. The molecule has 38 heavy (non-hydrogen) atoms. The van der Waals surface area contributed by atoms with Crippen LogP contribution >= 0.6 is 0 Å². The van der Waals surface area contributed by atoms with E-state index in [0.717, 1.165) is 0 Å². The van der Waals surface area contributed by atoms with Crippen molar-refractivity contribution in [3.8, 4) is 6.07 Å². The van der Waals surface area contributed by atoms with Crippen LogP contribution < -0.4 is 16.0 Å². The van der Waals surface area contributed by atoms with Crippen molar-refractivity contribution in [3.05, 3.63) is 0 Å². The van der Waals surface area contributed by atoms with Crippen LogP contribution in [0.4, 0.5) is 17.6 Å². The van der Waals surface area contributed by atoms with Crippen LogP contribution in [0.25, 0.3) is 0 Å². The summed E-state index contributed by atoms with van der Waals surface area (Å²) < 4.78 is 54.0. The number of hydrogen-bond donors (Lipinski definition) is 3. The molecule has 0 radical (unpaired) electrons. The number of alkyl halides is 4. The Morgan fingerprint density at radius 2 is 1.84 bits per heavy atom. The molecule has 0 aromatic carbocycles. The number of carbonyl (C=O) groups excluding carboxylic acids is 4. The molecular weight excluding hydrogens is 510 g/mol. The van der Waals surface area contributed by atoms with Crippen molar-refractivity contribution >= 4 is 23.6 Å². The van der Waals surface area contributed by atoms with Crippen molar-refractivity contribution in [3.63, 3.8) is 0 Å². The third-order valence-corrected chi connectivity index (χ3v) is 8.62. The molecule has 2 bridgehead atoms. The van der Waals surface area contributed by atoms with E-state index in [1.165, 1.54) is 25.7 Å². The first kappa shape index (κ1) is 28.1. The largest absolute Gasteiger partial charge is 0.471 e. The lowest BCUT2D eigenvalue weighted by atomic mass is 9.77. The second kappa shape index (κ2) is 10.0. The lowest BCUT2D eigenvalue weighted by molar-refractivity contribution is -0.176. The monoisotopic (exact) mass is 543 g/mol. The predicted octanol–water partition coefficient (Wildman–Crippen LogP) is 1.44. The minimum Gasteiger partial charge on any atom is -0.356 e. The first-order valence-electron chi connectivity index (χ1n) is 12.9. The van der Waals surface area contributed by atoms with Gasteiger partial charge in [-0.25, -0.2) is 4.39 Å². The molecule has 13 heteroatoms. The van der Waals surface area contributed by atoms with Gasteiger partial charge in [-0.3, -0.25) is 19.2 Å². The highest BCUT2D eigenvalue weighted by molar-refractivity contribution is 5.94. The van der Waals surface area contributed by atoms with Crippen LogP contribution in [0, 0.1) is 46.3 Å². The van der Waals surface area contributed by atoms with Crippen LogP contribution in [-0.2, 0) is 19.2 Å². The second-order valence-corrected chi connectivity index (χ2v) is 12.1. The van der Waals surface area contributed by atoms with Crippen LogP contribution in [-0.4, -0.2) is 72.1 Å². The Balaban J connectivity index is 1.60. The summed E-state index contributed by atoms with van der Waals surface area (Å²) in [5.74, 6) is -5.85. The first-order valence-corrected chi connectivity index (χ1v) is 12.9. The fourth-order valence-corrected chi connectivity index (χ4v) is 6.85. The minimum atomic E-state index is -5.21. The first-order chi connectivity index (χ1) is 17.6. The summed E-state index contributed by atoms with van der Waals surface area (Å²) in [4.78, 5) is 52.3. The fourth-order valence-electron chi connectivity index (χ4n) is 6.85. The summed E-state index contributed by atoms with van der Waals surface area (Å²) in [5.41, 5.74) is -1.14. The third-order valence-electron chi connectivity index (χ3n) is 8.62. The van der Waals surface area contributed by atoms with E-state index in [1.807, 2.05) is 6.07 Å². The van der Waals surface area contributed by atoms with Crippen molar-refractivity contribution < 1.29 is 36.7 Å². The molecule has 9 nitrogen and oxygen atoms in total. The van der Waals surface area contributed by atoms with Crippen LogP contribution in [0.2, 0.25) is 0 Å². The van der Waals surface area contributed by atoms with Gasteiger partial charge in [0.15, 0.2) is 0 Å². The number of rotatable bonds is 6. The van der Waals surface area contributed by atoms with Gasteiger partial charge in [0.2, 0.25) is 17.7 Å².